The number of amides is 1. The first kappa shape index (κ1) is 15.6. The van der Waals surface area contributed by atoms with Crippen molar-refractivity contribution >= 4 is 5.91 Å². The first-order chi connectivity index (χ1) is 11.0. The van der Waals surface area contributed by atoms with Crippen molar-refractivity contribution in [2.45, 2.75) is 50.7 Å². The maximum Gasteiger partial charge on any atom is 0.274 e. The Morgan fingerprint density at radius 3 is 2.78 bits per heavy atom. The van der Waals surface area contributed by atoms with Gasteiger partial charge in [0.05, 0.1) is 18.3 Å². The molecule has 0 radical (unpaired) electrons. The Kier molecular flexibility index (Phi) is 4.37. The molecule has 124 valence electrons. The second-order valence-electron chi connectivity index (χ2n) is 6.09. The normalized spacial score (nSPS) is 22.7. The van der Waals surface area contributed by atoms with Gasteiger partial charge in [0, 0.05) is 13.1 Å². The van der Waals surface area contributed by atoms with Crippen LogP contribution in [-0.4, -0.2) is 41.7 Å². The van der Waals surface area contributed by atoms with Gasteiger partial charge in [-0.1, -0.05) is 5.21 Å². The maximum atomic E-state index is 12.3. The van der Waals surface area contributed by atoms with E-state index in [2.05, 4.69) is 25.7 Å². The number of hydrogen-bond donors (Lipinski definition) is 2. The predicted octanol–water partition coefficient (Wildman–Crippen LogP) is 0.340. The third kappa shape index (κ3) is 3.39. The first-order valence-electron chi connectivity index (χ1n) is 7.86. The molecule has 0 aliphatic heterocycles. The van der Waals surface area contributed by atoms with E-state index in [-0.39, 0.29) is 24.0 Å². The molecular formula is C14H22N8O. The molecule has 1 saturated carbocycles. The summed E-state index contributed by atoms with van der Waals surface area (Å²) in [7, 11) is 1.79. The lowest BCUT2D eigenvalue weighted by Crippen LogP contribution is -2.29. The predicted molar refractivity (Wildman–Crippen MR) is 82.4 cm³/mol. The van der Waals surface area contributed by atoms with E-state index in [0.717, 1.165) is 25.7 Å². The van der Waals surface area contributed by atoms with Crippen molar-refractivity contribution in [3.8, 4) is 0 Å². The number of nitrogens with two attached hydrogens (primary N) is 1. The summed E-state index contributed by atoms with van der Waals surface area (Å²) >= 11 is 0. The van der Waals surface area contributed by atoms with Crippen molar-refractivity contribution in [3.63, 3.8) is 0 Å². The average molecular weight is 318 g/mol. The van der Waals surface area contributed by atoms with Crippen LogP contribution >= 0.6 is 0 Å². The molecule has 0 aromatic carbocycles. The molecule has 9 nitrogen and oxygen atoms in total. The Bertz CT molecular complexity index is 670. The van der Waals surface area contributed by atoms with Crippen LogP contribution in [0.15, 0.2) is 12.5 Å². The van der Waals surface area contributed by atoms with Crippen molar-refractivity contribution in [1.29, 1.82) is 0 Å². The molecule has 1 aliphatic rings. The van der Waals surface area contributed by atoms with Crippen LogP contribution in [0.1, 0.15) is 61.0 Å². The summed E-state index contributed by atoms with van der Waals surface area (Å²) in [6.45, 7) is 1.86. The van der Waals surface area contributed by atoms with Gasteiger partial charge >= 0.3 is 0 Å². The molecule has 0 bridgehead atoms. The van der Waals surface area contributed by atoms with Crippen molar-refractivity contribution in [3.05, 3.63) is 24.0 Å². The molecule has 1 fully saturated rings. The average Bonchev–Trinajstić information content (AvgIpc) is 3.17. The fourth-order valence-electron chi connectivity index (χ4n) is 2.96. The van der Waals surface area contributed by atoms with Crippen LogP contribution in [0.3, 0.4) is 0 Å². The van der Waals surface area contributed by atoms with E-state index in [4.69, 9.17) is 5.73 Å². The number of aryl methyl sites for hydroxylation is 1. The van der Waals surface area contributed by atoms with Gasteiger partial charge < -0.3 is 11.1 Å². The van der Waals surface area contributed by atoms with E-state index in [1.807, 2.05) is 6.92 Å². The largest absolute Gasteiger partial charge is 0.341 e. The van der Waals surface area contributed by atoms with E-state index >= 15 is 0 Å². The van der Waals surface area contributed by atoms with E-state index in [0.29, 0.717) is 11.5 Å². The van der Waals surface area contributed by atoms with Crippen molar-refractivity contribution < 1.29 is 4.79 Å². The zero-order valence-electron chi connectivity index (χ0n) is 13.4. The van der Waals surface area contributed by atoms with E-state index in [1.54, 1.807) is 22.6 Å². The lowest BCUT2D eigenvalue weighted by Gasteiger charge is -2.25. The van der Waals surface area contributed by atoms with Crippen LogP contribution in [0.2, 0.25) is 0 Å². The summed E-state index contributed by atoms with van der Waals surface area (Å²) in [4.78, 5) is 16.4. The minimum atomic E-state index is -0.265. The highest BCUT2D eigenvalue weighted by Crippen LogP contribution is 2.26. The maximum absolute atomic E-state index is 12.3. The molecule has 23 heavy (non-hydrogen) atoms. The molecule has 9 heteroatoms. The molecule has 2 aromatic heterocycles. The Morgan fingerprint density at radius 2 is 2.13 bits per heavy atom. The second-order valence-corrected chi connectivity index (χ2v) is 6.09. The number of carbonyl (C=O) groups excluding carboxylic acids is 1. The lowest BCUT2D eigenvalue weighted by atomic mass is 9.92. The minimum Gasteiger partial charge on any atom is -0.341 e. The van der Waals surface area contributed by atoms with Crippen LogP contribution < -0.4 is 11.1 Å². The molecular weight excluding hydrogens is 296 g/mol. The van der Waals surface area contributed by atoms with Gasteiger partial charge in [0.15, 0.2) is 5.69 Å². The molecule has 2 heterocycles. The number of hydrogen-bond acceptors (Lipinski definition) is 6. The molecule has 1 amide bonds. The number of nitrogens with one attached hydrogen (secondary N) is 1. The van der Waals surface area contributed by atoms with Gasteiger partial charge in [-0.3, -0.25) is 9.48 Å². The van der Waals surface area contributed by atoms with E-state index < -0.39 is 0 Å². The number of carbonyl (C=O) groups is 1. The highest BCUT2D eigenvalue weighted by molar-refractivity contribution is 5.92. The number of rotatable bonds is 4. The zero-order chi connectivity index (χ0) is 16.4. The van der Waals surface area contributed by atoms with Gasteiger partial charge in [-0.25, -0.2) is 9.67 Å². The Morgan fingerprint density at radius 1 is 1.39 bits per heavy atom. The fraction of sp³-hybridized carbons (Fsp3) is 0.643. The van der Waals surface area contributed by atoms with Crippen LogP contribution in [0, 0.1) is 0 Å². The van der Waals surface area contributed by atoms with Gasteiger partial charge in [-0.05, 0) is 32.6 Å². The van der Waals surface area contributed by atoms with Gasteiger partial charge in [0.25, 0.3) is 5.91 Å². The third-order valence-corrected chi connectivity index (χ3v) is 4.34. The molecule has 3 rings (SSSR count). The Balaban J connectivity index is 1.63. The number of nitrogens with zero attached hydrogens (tertiary/aromatic N) is 6. The Hall–Kier alpha value is -2.29. The summed E-state index contributed by atoms with van der Waals surface area (Å²) in [5, 5.41) is 15.0. The van der Waals surface area contributed by atoms with Crippen molar-refractivity contribution in [2.24, 2.45) is 12.8 Å². The first-order valence-corrected chi connectivity index (χ1v) is 7.86. The van der Waals surface area contributed by atoms with Gasteiger partial charge in [-0.15, -0.1) is 5.10 Å². The van der Waals surface area contributed by atoms with Crippen molar-refractivity contribution in [1.82, 2.24) is 35.1 Å². The van der Waals surface area contributed by atoms with Crippen LogP contribution in [-0.2, 0) is 7.05 Å². The van der Waals surface area contributed by atoms with E-state index in [1.165, 1.54) is 6.33 Å². The summed E-state index contributed by atoms with van der Waals surface area (Å²) in [6.07, 6.45) is 7.08. The molecule has 0 saturated heterocycles. The smallest absolute Gasteiger partial charge is 0.274 e. The molecule has 1 atom stereocenters. The van der Waals surface area contributed by atoms with Gasteiger partial charge in [-0.2, -0.15) is 5.10 Å². The van der Waals surface area contributed by atoms with Crippen LogP contribution in [0.4, 0.5) is 0 Å². The molecule has 0 unspecified atom stereocenters. The van der Waals surface area contributed by atoms with Crippen LogP contribution in [0.5, 0.6) is 0 Å². The fourth-order valence-corrected chi connectivity index (χ4v) is 2.96. The molecule has 0 spiro atoms. The van der Waals surface area contributed by atoms with Crippen molar-refractivity contribution in [2.75, 3.05) is 0 Å². The molecule has 3 N–H and O–H groups in total. The van der Waals surface area contributed by atoms with Gasteiger partial charge in [0.1, 0.15) is 12.2 Å². The highest BCUT2D eigenvalue weighted by Gasteiger charge is 2.23. The molecule has 2 aromatic rings. The van der Waals surface area contributed by atoms with Gasteiger partial charge in [0.2, 0.25) is 0 Å². The van der Waals surface area contributed by atoms with Crippen LogP contribution in [0.25, 0.3) is 0 Å². The monoisotopic (exact) mass is 318 g/mol. The standard InChI is InChI=1S/C14H22N8O/c1-9(13-16-8-17-21(13)2)18-14(23)12-7-22(20-19-12)11-5-3-10(15)4-6-11/h7-11H,3-6,15H2,1-2H3,(H,18,23)/t9-,10?,11?/m1/s1. The highest BCUT2D eigenvalue weighted by atomic mass is 16.2. The third-order valence-electron chi connectivity index (χ3n) is 4.34. The molecule has 1 aliphatic carbocycles. The minimum absolute atomic E-state index is 0.257. The topological polar surface area (TPSA) is 117 Å². The zero-order valence-corrected chi connectivity index (χ0v) is 13.4. The SMILES string of the molecule is C[C@@H](NC(=O)c1cn(C2CCC(N)CC2)nn1)c1ncnn1C. The summed E-state index contributed by atoms with van der Waals surface area (Å²) in [5.41, 5.74) is 6.23. The summed E-state index contributed by atoms with van der Waals surface area (Å²) < 4.78 is 3.42. The lowest BCUT2D eigenvalue weighted by molar-refractivity contribution is 0.0932. The van der Waals surface area contributed by atoms with E-state index in [9.17, 15) is 4.79 Å². The number of aromatic nitrogens is 6. The Labute approximate surface area is 134 Å². The summed E-state index contributed by atoms with van der Waals surface area (Å²) in [6, 6.07) is 0.303. The summed E-state index contributed by atoms with van der Waals surface area (Å²) in [5.74, 6) is 0.422. The second kappa shape index (κ2) is 6.45. The quantitative estimate of drug-likeness (QED) is 0.839.